The van der Waals surface area contributed by atoms with Gasteiger partial charge in [0.05, 0.1) is 27.0 Å². The summed E-state index contributed by atoms with van der Waals surface area (Å²) in [7, 11) is 0. The molecular formula is C27H25Cl2N3O3S. The molecule has 186 valence electrons. The zero-order valence-electron chi connectivity index (χ0n) is 19.8. The number of imide groups is 1. The number of halogens is 2. The molecule has 2 aromatic carbocycles. The molecule has 6 nitrogen and oxygen atoms in total. The number of hydrogen-bond donors (Lipinski definition) is 0. The maximum atomic E-state index is 13.2. The van der Waals surface area contributed by atoms with Crippen molar-refractivity contribution in [2.45, 2.75) is 39.3 Å². The normalized spacial score (nSPS) is 17.2. The zero-order valence-corrected chi connectivity index (χ0v) is 22.1. The van der Waals surface area contributed by atoms with Crippen molar-refractivity contribution in [3.8, 4) is 0 Å². The summed E-state index contributed by atoms with van der Waals surface area (Å²) in [6.45, 7) is 4.06. The van der Waals surface area contributed by atoms with E-state index in [1.807, 2.05) is 27.8 Å². The minimum absolute atomic E-state index is 0.101. The highest BCUT2D eigenvalue weighted by molar-refractivity contribution is 8.18. The van der Waals surface area contributed by atoms with E-state index in [1.54, 1.807) is 24.3 Å². The van der Waals surface area contributed by atoms with E-state index in [0.29, 0.717) is 15.0 Å². The molecule has 36 heavy (non-hydrogen) atoms. The molecule has 0 radical (unpaired) electrons. The first-order valence-electron chi connectivity index (χ1n) is 11.9. The van der Waals surface area contributed by atoms with Gasteiger partial charge in [-0.15, -0.1) is 0 Å². The molecule has 0 spiro atoms. The number of carbonyl (C=O) groups excluding carboxylic acids is 3. The monoisotopic (exact) mass is 541 g/mol. The van der Waals surface area contributed by atoms with Crippen molar-refractivity contribution in [3.63, 3.8) is 0 Å². The SMILES string of the molecule is CCc1cccc2c(/C=C3\SC(=O)N(Cc4ccc(Cl)c(Cl)c4)C3=O)cn(CC(=O)N3CCCC3)c12. The average molecular weight is 542 g/mol. The van der Waals surface area contributed by atoms with Crippen molar-refractivity contribution in [1.82, 2.24) is 14.4 Å². The van der Waals surface area contributed by atoms with Crippen LogP contribution in [0, 0.1) is 0 Å². The van der Waals surface area contributed by atoms with Crippen molar-refractivity contribution < 1.29 is 14.4 Å². The lowest BCUT2D eigenvalue weighted by Gasteiger charge is -2.16. The van der Waals surface area contributed by atoms with E-state index in [4.69, 9.17) is 23.2 Å². The van der Waals surface area contributed by atoms with Gasteiger partial charge in [-0.25, -0.2) is 0 Å². The summed E-state index contributed by atoms with van der Waals surface area (Å²) in [6.07, 6.45) is 6.59. The lowest BCUT2D eigenvalue weighted by Crippen LogP contribution is -2.30. The van der Waals surface area contributed by atoms with Gasteiger partial charge in [-0.05, 0) is 60.4 Å². The second-order valence-corrected chi connectivity index (χ2v) is 10.8. The van der Waals surface area contributed by atoms with Crippen LogP contribution in [0.3, 0.4) is 0 Å². The number of benzene rings is 2. The van der Waals surface area contributed by atoms with Crippen molar-refractivity contribution in [2.75, 3.05) is 13.1 Å². The number of hydrogen-bond acceptors (Lipinski definition) is 4. The Bertz CT molecular complexity index is 1410. The largest absolute Gasteiger partial charge is 0.341 e. The van der Waals surface area contributed by atoms with Gasteiger partial charge in [0.2, 0.25) is 5.91 Å². The molecule has 0 aliphatic carbocycles. The highest BCUT2D eigenvalue weighted by Gasteiger charge is 2.35. The summed E-state index contributed by atoms with van der Waals surface area (Å²) >= 11 is 13.0. The molecule has 5 rings (SSSR count). The maximum Gasteiger partial charge on any atom is 0.293 e. The number of rotatable bonds is 6. The van der Waals surface area contributed by atoms with Gasteiger partial charge in [-0.2, -0.15) is 0 Å². The third-order valence-corrected chi connectivity index (χ3v) is 8.29. The molecule has 9 heteroatoms. The van der Waals surface area contributed by atoms with Crippen LogP contribution in [-0.4, -0.2) is 44.5 Å². The molecule has 0 bridgehead atoms. The van der Waals surface area contributed by atoms with Crippen LogP contribution in [0.5, 0.6) is 0 Å². The fraction of sp³-hybridized carbons (Fsp3) is 0.296. The van der Waals surface area contributed by atoms with Crippen LogP contribution >= 0.6 is 35.0 Å². The minimum atomic E-state index is -0.350. The summed E-state index contributed by atoms with van der Waals surface area (Å²) in [5.41, 5.74) is 3.66. The molecule has 3 heterocycles. The number of nitrogens with zero attached hydrogens (tertiary/aromatic N) is 3. The smallest absolute Gasteiger partial charge is 0.293 e. The van der Waals surface area contributed by atoms with Gasteiger partial charge in [0.25, 0.3) is 11.1 Å². The molecule has 2 aliphatic rings. The highest BCUT2D eigenvalue weighted by atomic mass is 35.5. The van der Waals surface area contributed by atoms with E-state index in [2.05, 4.69) is 13.0 Å². The molecule has 0 unspecified atom stereocenters. The molecule has 3 amide bonds. The van der Waals surface area contributed by atoms with Gasteiger partial charge in [-0.1, -0.05) is 54.4 Å². The van der Waals surface area contributed by atoms with Gasteiger partial charge in [0, 0.05) is 30.2 Å². The average Bonchev–Trinajstić information content (AvgIpc) is 3.58. The Kier molecular flexibility index (Phi) is 7.15. The molecule has 0 N–H and O–H groups in total. The third kappa shape index (κ3) is 4.80. The van der Waals surface area contributed by atoms with Crippen molar-refractivity contribution >= 4 is 69.0 Å². The third-order valence-electron chi connectivity index (χ3n) is 6.64. The Morgan fingerprint density at radius 2 is 1.86 bits per heavy atom. The number of amides is 3. The molecule has 2 saturated heterocycles. The minimum Gasteiger partial charge on any atom is -0.341 e. The van der Waals surface area contributed by atoms with Crippen LogP contribution in [0.15, 0.2) is 47.5 Å². The van der Waals surface area contributed by atoms with E-state index < -0.39 is 0 Å². The van der Waals surface area contributed by atoms with Crippen LogP contribution in [-0.2, 0) is 29.1 Å². The van der Waals surface area contributed by atoms with E-state index in [1.165, 1.54) is 4.90 Å². The van der Waals surface area contributed by atoms with Crippen LogP contribution in [0.1, 0.15) is 36.5 Å². The van der Waals surface area contributed by atoms with Gasteiger partial charge < -0.3 is 9.47 Å². The Labute approximate surface area is 223 Å². The van der Waals surface area contributed by atoms with E-state index >= 15 is 0 Å². The summed E-state index contributed by atoms with van der Waals surface area (Å²) < 4.78 is 1.99. The first kappa shape index (κ1) is 24.9. The molecular weight excluding hydrogens is 517 g/mol. The standard InChI is InChI=1S/C27H25Cl2N3O3S/c1-2-18-6-5-7-20-19(15-31(25(18)20)16-24(33)30-10-3-4-11-30)13-23-26(34)32(27(35)36-23)14-17-8-9-21(28)22(29)12-17/h5-9,12-13,15H,2-4,10-11,14,16H2,1H3/b23-13-. The lowest BCUT2D eigenvalue weighted by atomic mass is 10.1. The predicted octanol–water partition coefficient (Wildman–Crippen LogP) is 6.37. The van der Waals surface area contributed by atoms with Crippen LogP contribution < -0.4 is 0 Å². The molecule has 3 aromatic rings. The Morgan fingerprint density at radius 3 is 2.58 bits per heavy atom. The number of carbonyl (C=O) groups is 3. The summed E-state index contributed by atoms with van der Waals surface area (Å²) in [5, 5.41) is 1.42. The van der Waals surface area contributed by atoms with Crippen LogP contribution in [0.4, 0.5) is 4.79 Å². The maximum absolute atomic E-state index is 13.2. The summed E-state index contributed by atoms with van der Waals surface area (Å²) in [6, 6.07) is 11.1. The molecule has 1 aromatic heterocycles. The zero-order chi connectivity index (χ0) is 25.4. The number of aromatic nitrogens is 1. The number of likely N-dealkylation sites (tertiary alicyclic amines) is 1. The molecule has 0 saturated carbocycles. The Morgan fingerprint density at radius 1 is 1.08 bits per heavy atom. The van der Waals surface area contributed by atoms with Gasteiger partial charge >= 0.3 is 0 Å². The Balaban J connectivity index is 1.46. The van der Waals surface area contributed by atoms with Gasteiger partial charge in [0.1, 0.15) is 6.54 Å². The van der Waals surface area contributed by atoms with E-state index in [0.717, 1.165) is 71.7 Å². The summed E-state index contributed by atoms with van der Waals surface area (Å²) in [5.74, 6) is -0.249. The van der Waals surface area contributed by atoms with Gasteiger partial charge in [-0.3, -0.25) is 19.3 Å². The van der Waals surface area contributed by atoms with Crippen LogP contribution in [0.2, 0.25) is 10.0 Å². The molecule has 2 fully saturated rings. The highest BCUT2D eigenvalue weighted by Crippen LogP contribution is 2.36. The fourth-order valence-corrected chi connectivity index (χ4v) is 5.95. The number of aryl methyl sites for hydroxylation is 1. The number of fused-ring (bicyclic) bond motifs is 1. The fourth-order valence-electron chi connectivity index (χ4n) is 4.80. The molecule has 2 aliphatic heterocycles. The molecule has 0 atom stereocenters. The van der Waals surface area contributed by atoms with Crippen LogP contribution in [0.25, 0.3) is 17.0 Å². The first-order valence-corrected chi connectivity index (χ1v) is 13.5. The van der Waals surface area contributed by atoms with Gasteiger partial charge in [0.15, 0.2) is 0 Å². The predicted molar refractivity (Wildman–Crippen MR) is 145 cm³/mol. The van der Waals surface area contributed by atoms with Crippen molar-refractivity contribution in [1.29, 1.82) is 0 Å². The number of para-hydroxylation sites is 1. The van der Waals surface area contributed by atoms with E-state index in [9.17, 15) is 14.4 Å². The first-order chi connectivity index (χ1) is 17.4. The quantitative estimate of drug-likeness (QED) is 0.340. The topological polar surface area (TPSA) is 62.6 Å². The summed E-state index contributed by atoms with van der Waals surface area (Å²) in [4.78, 5) is 42.3. The van der Waals surface area contributed by atoms with Crippen molar-refractivity contribution in [2.24, 2.45) is 0 Å². The lowest BCUT2D eigenvalue weighted by molar-refractivity contribution is -0.130. The second kappa shape index (κ2) is 10.3. The number of thioether (sulfide) groups is 1. The second-order valence-electron chi connectivity index (χ2n) is 8.98. The van der Waals surface area contributed by atoms with Crippen molar-refractivity contribution in [3.05, 3.63) is 74.2 Å². The van der Waals surface area contributed by atoms with E-state index in [-0.39, 0.29) is 30.1 Å². The Hall–Kier alpha value is -2.74.